The molecular weight excluding hydrogens is 442 g/mol. The van der Waals surface area contributed by atoms with Gasteiger partial charge in [0.05, 0.1) is 24.3 Å². The van der Waals surface area contributed by atoms with Crippen LogP contribution in [-0.4, -0.2) is 34.0 Å². The molecule has 0 atom stereocenters. The molecule has 1 aliphatic heterocycles. The average Bonchev–Trinajstić information content (AvgIpc) is 3.02. The van der Waals surface area contributed by atoms with Gasteiger partial charge in [-0.15, -0.1) is 10.3 Å². The first-order chi connectivity index (χ1) is 16.0. The van der Waals surface area contributed by atoms with Crippen LogP contribution in [-0.2, 0) is 17.3 Å². The van der Waals surface area contributed by atoms with E-state index in [9.17, 15) is 9.59 Å². The summed E-state index contributed by atoms with van der Waals surface area (Å²) in [6, 6.07) is 21.7. The van der Waals surface area contributed by atoms with Crippen LogP contribution in [0.15, 0.2) is 66.7 Å². The summed E-state index contributed by atoms with van der Waals surface area (Å²) in [6.45, 7) is 9.54. The van der Waals surface area contributed by atoms with Crippen LogP contribution in [0.4, 0.5) is 0 Å². The number of amides is 2. The summed E-state index contributed by atoms with van der Waals surface area (Å²) in [5, 5.41) is 0. The Morgan fingerprint density at radius 3 is 2.03 bits per heavy atom. The van der Waals surface area contributed by atoms with Crippen molar-refractivity contribution in [2.24, 2.45) is 0 Å². The zero-order valence-electron chi connectivity index (χ0n) is 20.8. The number of carbonyl (C=O) groups is 2. The van der Waals surface area contributed by atoms with E-state index in [0.29, 0.717) is 17.7 Å². The third-order valence-electron chi connectivity index (χ3n) is 6.61. The van der Waals surface area contributed by atoms with Crippen molar-refractivity contribution in [3.63, 3.8) is 0 Å². The van der Waals surface area contributed by atoms with Gasteiger partial charge in [-0.2, -0.15) is 0 Å². The molecule has 3 aromatic rings. The highest BCUT2D eigenvalue weighted by Crippen LogP contribution is 2.54. The van der Waals surface area contributed by atoms with Gasteiger partial charge in [0.25, 0.3) is 11.8 Å². The van der Waals surface area contributed by atoms with Gasteiger partial charge in [-0.05, 0) is 66.0 Å². The molecular formula is C29H33NO3S. The van der Waals surface area contributed by atoms with Crippen molar-refractivity contribution in [1.29, 1.82) is 0 Å². The van der Waals surface area contributed by atoms with E-state index in [4.69, 9.17) is 4.18 Å². The smallest absolute Gasteiger partial charge is 0.261 e. The lowest BCUT2D eigenvalue weighted by atomic mass is 9.98. The summed E-state index contributed by atoms with van der Waals surface area (Å²) in [6.07, 6.45) is 4.42. The summed E-state index contributed by atoms with van der Waals surface area (Å²) in [4.78, 5) is 27.0. The standard InChI is InChI=1S/C29H33NO3S/c1-20-14-22(18-30-27(31)25-12-7-8-13-26(25)28(30)32)17-24(15-20)23-11-9-10-21(16-23)19-33-34(5,6)29(2,3)4/h7-17H,18-19H2,1-6H3. The number of rotatable bonds is 6. The molecule has 1 aliphatic rings. The minimum atomic E-state index is -1.20. The number of aryl methyl sites for hydroxylation is 1. The minimum absolute atomic E-state index is 0.111. The lowest BCUT2D eigenvalue weighted by molar-refractivity contribution is 0.0642. The number of carbonyl (C=O) groups excluding carboxylic acids is 2. The Bertz CT molecular complexity index is 1220. The van der Waals surface area contributed by atoms with Crippen molar-refractivity contribution in [3.05, 3.63) is 94.5 Å². The van der Waals surface area contributed by atoms with Crippen LogP contribution in [0.5, 0.6) is 0 Å². The van der Waals surface area contributed by atoms with E-state index >= 15 is 0 Å². The number of imide groups is 1. The number of benzene rings is 3. The SMILES string of the molecule is Cc1cc(CN2C(=O)c3ccccc3C2=O)cc(-c2cccc(COS(C)(C)C(C)(C)C)c2)c1. The van der Waals surface area contributed by atoms with Gasteiger partial charge in [0, 0.05) is 4.75 Å². The van der Waals surface area contributed by atoms with Gasteiger partial charge < -0.3 is 4.18 Å². The predicted octanol–water partition coefficient (Wildman–Crippen LogP) is 6.75. The Balaban J connectivity index is 1.56. The first-order valence-electron chi connectivity index (χ1n) is 11.5. The van der Waals surface area contributed by atoms with Gasteiger partial charge in [0.2, 0.25) is 0 Å². The van der Waals surface area contributed by atoms with E-state index in [0.717, 1.165) is 27.8 Å². The quantitative estimate of drug-likeness (QED) is 0.370. The molecule has 4 rings (SSSR count). The molecule has 0 fully saturated rings. The topological polar surface area (TPSA) is 46.6 Å². The first-order valence-corrected chi connectivity index (χ1v) is 13.9. The third-order valence-corrected chi connectivity index (χ3v) is 10.3. The largest absolute Gasteiger partial charge is 0.332 e. The molecule has 4 nitrogen and oxygen atoms in total. The molecule has 0 radical (unpaired) electrons. The summed E-state index contributed by atoms with van der Waals surface area (Å²) in [7, 11) is -1.20. The Kier molecular flexibility index (Phi) is 6.45. The summed E-state index contributed by atoms with van der Waals surface area (Å²) >= 11 is 0. The maximum Gasteiger partial charge on any atom is 0.261 e. The lowest BCUT2D eigenvalue weighted by Gasteiger charge is -2.43. The maximum absolute atomic E-state index is 12.8. The molecule has 0 aliphatic carbocycles. The minimum Gasteiger partial charge on any atom is -0.332 e. The molecule has 1 heterocycles. The van der Waals surface area contributed by atoms with Gasteiger partial charge in [0.1, 0.15) is 0 Å². The second-order valence-corrected chi connectivity index (χ2v) is 14.2. The molecule has 178 valence electrons. The molecule has 34 heavy (non-hydrogen) atoms. The van der Waals surface area contributed by atoms with Crippen molar-refractivity contribution < 1.29 is 13.8 Å². The van der Waals surface area contributed by atoms with Crippen LogP contribution in [0.3, 0.4) is 0 Å². The van der Waals surface area contributed by atoms with Crippen LogP contribution in [0.25, 0.3) is 11.1 Å². The van der Waals surface area contributed by atoms with Crippen LogP contribution < -0.4 is 0 Å². The molecule has 0 spiro atoms. The van der Waals surface area contributed by atoms with Gasteiger partial charge in [0.15, 0.2) is 0 Å². The molecule has 0 unspecified atom stereocenters. The summed E-state index contributed by atoms with van der Waals surface area (Å²) in [5.74, 6) is -0.460. The molecule has 0 aromatic heterocycles. The Labute approximate surface area is 204 Å². The summed E-state index contributed by atoms with van der Waals surface area (Å²) in [5.41, 5.74) is 6.27. The van der Waals surface area contributed by atoms with Crippen molar-refractivity contribution in [2.75, 3.05) is 12.5 Å². The zero-order valence-corrected chi connectivity index (χ0v) is 21.7. The highest BCUT2D eigenvalue weighted by atomic mass is 32.3. The van der Waals surface area contributed by atoms with E-state index in [-0.39, 0.29) is 23.1 Å². The monoisotopic (exact) mass is 475 g/mol. The molecule has 0 saturated heterocycles. The van der Waals surface area contributed by atoms with E-state index < -0.39 is 10.3 Å². The Hall–Kier alpha value is -2.89. The van der Waals surface area contributed by atoms with Crippen molar-refractivity contribution >= 4 is 22.1 Å². The van der Waals surface area contributed by atoms with E-state index in [1.54, 1.807) is 24.3 Å². The molecule has 0 bridgehead atoms. The number of fused-ring (bicyclic) bond motifs is 1. The second kappa shape index (κ2) is 9.05. The van der Waals surface area contributed by atoms with Gasteiger partial charge in [-0.1, -0.05) is 68.8 Å². The molecule has 2 amide bonds. The number of hydrogen-bond acceptors (Lipinski definition) is 3. The number of hydrogen-bond donors (Lipinski definition) is 0. The molecule has 3 aromatic carbocycles. The van der Waals surface area contributed by atoms with Gasteiger partial charge in [-0.3, -0.25) is 14.5 Å². The fourth-order valence-corrected chi connectivity index (χ4v) is 4.70. The fraction of sp³-hybridized carbons (Fsp3) is 0.310. The lowest BCUT2D eigenvalue weighted by Crippen LogP contribution is -2.29. The predicted molar refractivity (Wildman–Crippen MR) is 141 cm³/mol. The highest BCUT2D eigenvalue weighted by molar-refractivity contribution is 8.29. The fourth-order valence-electron chi connectivity index (χ4n) is 3.92. The van der Waals surface area contributed by atoms with E-state index in [2.05, 4.69) is 69.7 Å². The Morgan fingerprint density at radius 1 is 0.794 bits per heavy atom. The third kappa shape index (κ3) is 4.82. The first kappa shape index (κ1) is 24.2. The Morgan fingerprint density at radius 2 is 1.41 bits per heavy atom. The van der Waals surface area contributed by atoms with Crippen LogP contribution in [0.1, 0.15) is 58.2 Å². The van der Waals surface area contributed by atoms with Crippen LogP contribution in [0.2, 0.25) is 0 Å². The van der Waals surface area contributed by atoms with Crippen molar-refractivity contribution in [2.45, 2.75) is 45.6 Å². The van der Waals surface area contributed by atoms with E-state index in [1.807, 2.05) is 13.0 Å². The normalized spacial score (nSPS) is 14.5. The van der Waals surface area contributed by atoms with Gasteiger partial charge >= 0.3 is 0 Å². The average molecular weight is 476 g/mol. The number of nitrogens with zero attached hydrogens (tertiary/aromatic N) is 1. The van der Waals surface area contributed by atoms with E-state index in [1.165, 1.54) is 4.90 Å². The second-order valence-electron chi connectivity index (χ2n) is 10.3. The van der Waals surface area contributed by atoms with Gasteiger partial charge in [-0.25, -0.2) is 0 Å². The highest BCUT2D eigenvalue weighted by Gasteiger charge is 2.35. The summed E-state index contributed by atoms with van der Waals surface area (Å²) < 4.78 is 6.47. The maximum atomic E-state index is 12.8. The molecule has 5 heteroatoms. The van der Waals surface area contributed by atoms with Crippen LogP contribution in [0, 0.1) is 6.92 Å². The molecule has 0 N–H and O–H groups in total. The molecule has 0 saturated carbocycles. The zero-order chi connectivity index (χ0) is 24.7. The van der Waals surface area contributed by atoms with Crippen molar-refractivity contribution in [1.82, 2.24) is 4.90 Å². The van der Waals surface area contributed by atoms with Crippen LogP contribution >= 0.6 is 10.3 Å². The van der Waals surface area contributed by atoms with Crippen molar-refractivity contribution in [3.8, 4) is 11.1 Å².